The molecule has 0 saturated carbocycles. The van der Waals surface area contributed by atoms with Gasteiger partial charge in [0, 0.05) is 77.4 Å². The number of carboxylic acids is 5. The number of amides is 1. The Morgan fingerprint density at radius 3 is 1.07 bits per heavy atom. The van der Waals surface area contributed by atoms with E-state index in [9.17, 15) is 156 Å². The first kappa shape index (κ1) is 86.9. The molecule has 7 aliphatic rings. The van der Waals surface area contributed by atoms with E-state index in [2.05, 4.69) is 10.1 Å². The van der Waals surface area contributed by atoms with Gasteiger partial charge in [-0.1, -0.05) is 0 Å². The summed E-state index contributed by atoms with van der Waals surface area (Å²) in [5.74, 6) is -23.5. The number of hydrogen-bond acceptors (Lipinski definition) is 41. The van der Waals surface area contributed by atoms with Crippen molar-refractivity contribution in [3.8, 4) is 0 Å². The van der Waals surface area contributed by atoms with E-state index < -0.39 is 323 Å². The van der Waals surface area contributed by atoms with Gasteiger partial charge in [0.1, 0.15) is 110 Å². The summed E-state index contributed by atoms with van der Waals surface area (Å²) in [5.41, 5.74) is 0. The van der Waals surface area contributed by atoms with Crippen LogP contribution in [-0.2, 0) is 90.5 Å². The molecular weight excluding hydrogens is 1410 g/mol. The maximum absolute atomic E-state index is 13.1. The number of carbonyl (C=O) groups excluding carboxylic acids is 7. The van der Waals surface area contributed by atoms with E-state index in [1.54, 1.807) is 0 Å². The molecule has 592 valence electrons. The van der Waals surface area contributed by atoms with Gasteiger partial charge < -0.3 is 199 Å². The Hall–Kier alpha value is -5.00. The second kappa shape index (κ2) is 36.7. The minimum absolute atomic E-state index is 0.191. The van der Waals surface area contributed by atoms with Crippen LogP contribution in [0.4, 0.5) is 0 Å². The van der Waals surface area contributed by atoms with Gasteiger partial charge in [-0.25, -0.2) is 4.79 Å². The summed E-state index contributed by atoms with van der Waals surface area (Å²) in [5, 5.41) is 253. The molecule has 0 aromatic heterocycles. The van der Waals surface area contributed by atoms with Crippen LogP contribution in [0.2, 0.25) is 0 Å². The van der Waals surface area contributed by atoms with Gasteiger partial charge in [0.25, 0.3) is 0 Å². The van der Waals surface area contributed by atoms with Crippen LogP contribution in [-0.4, -0.2) is 382 Å². The first-order valence-electron chi connectivity index (χ1n) is 32.4. The fourth-order valence-corrected chi connectivity index (χ4v) is 14.7. The maximum atomic E-state index is 13.1. The predicted octanol–water partition coefficient (Wildman–Crippen LogP) is -17.9. The molecule has 0 bridgehead atoms. The molecule has 38 atom stereocenters. The number of ketones is 1. The minimum atomic E-state index is -3.28. The maximum Gasteiger partial charge on any atom is 0.333 e. The van der Waals surface area contributed by atoms with Crippen LogP contribution >= 0.6 is 0 Å². The van der Waals surface area contributed by atoms with Crippen molar-refractivity contribution in [3.63, 3.8) is 0 Å². The first-order chi connectivity index (χ1) is 48.1. The van der Waals surface area contributed by atoms with Crippen LogP contribution in [0.15, 0.2) is 0 Å². The number of aliphatic carboxylic acids is 5. The van der Waals surface area contributed by atoms with Crippen molar-refractivity contribution in [1.29, 1.82) is 0 Å². The average Bonchev–Trinajstić information content (AvgIpc) is 0.746. The van der Waals surface area contributed by atoms with E-state index in [0.29, 0.717) is 0 Å². The zero-order valence-electron chi connectivity index (χ0n) is 55.9. The lowest BCUT2D eigenvalue weighted by Gasteiger charge is -2.49. The second-order valence-corrected chi connectivity index (χ2v) is 26.5. The van der Waals surface area contributed by atoms with E-state index in [1.165, 1.54) is 14.2 Å². The predicted molar refractivity (Wildman–Crippen MR) is 311 cm³/mol. The monoisotopic (exact) mass is 1500 g/mol. The molecular formula is C60H91NO42-4. The summed E-state index contributed by atoms with van der Waals surface area (Å²) in [6.45, 7) is 1.16. The molecule has 7 fully saturated rings. The molecule has 0 aromatic rings. The van der Waals surface area contributed by atoms with Gasteiger partial charge in [0.05, 0.1) is 91.0 Å². The van der Waals surface area contributed by atoms with Crippen LogP contribution < -0.4 is 25.7 Å². The molecule has 38 unspecified atom stereocenters. The Kier molecular flexibility index (Phi) is 31.0. The first-order valence-corrected chi connectivity index (χ1v) is 32.4. The van der Waals surface area contributed by atoms with Crippen LogP contribution in [0.5, 0.6) is 0 Å². The lowest BCUT2D eigenvalue weighted by Crippen LogP contribution is -2.65. The third-order valence-corrected chi connectivity index (χ3v) is 20.5. The van der Waals surface area contributed by atoms with Crippen LogP contribution in [0, 0.1) is 35.5 Å². The number of carbonyl (C=O) groups is 8. The van der Waals surface area contributed by atoms with E-state index in [1.807, 2.05) is 0 Å². The lowest BCUT2D eigenvalue weighted by atomic mass is 9.75. The van der Waals surface area contributed by atoms with E-state index in [0.717, 1.165) is 28.3 Å². The van der Waals surface area contributed by atoms with Crippen molar-refractivity contribution >= 4 is 47.8 Å². The Bertz CT molecular complexity index is 2840. The average molecular weight is 1500 g/mol. The van der Waals surface area contributed by atoms with Crippen molar-refractivity contribution in [3.05, 3.63) is 0 Å². The molecule has 103 heavy (non-hydrogen) atoms. The second-order valence-electron chi connectivity index (χ2n) is 26.5. The molecule has 7 rings (SSSR count). The highest BCUT2D eigenvalue weighted by Crippen LogP contribution is 2.44. The fraction of sp³-hybridized carbons (Fsp3) is 0.867. The smallest absolute Gasteiger partial charge is 0.333 e. The van der Waals surface area contributed by atoms with Crippen molar-refractivity contribution < 1.29 is 208 Å². The van der Waals surface area contributed by atoms with Gasteiger partial charge in [-0.3, -0.25) is 9.59 Å². The van der Waals surface area contributed by atoms with Crippen LogP contribution in [0.25, 0.3) is 0 Å². The van der Waals surface area contributed by atoms with Crippen LogP contribution in [0.1, 0.15) is 51.9 Å². The van der Waals surface area contributed by atoms with Gasteiger partial charge in [-0.2, -0.15) is 0 Å². The molecule has 7 heterocycles. The van der Waals surface area contributed by atoms with E-state index in [4.69, 9.17) is 47.4 Å². The Labute approximate surface area is 584 Å². The van der Waals surface area contributed by atoms with Crippen molar-refractivity contribution in [2.45, 2.75) is 253 Å². The number of rotatable bonds is 28. The number of aldehydes is 1. The number of methoxy groups -OCH3 is 4. The summed E-state index contributed by atoms with van der Waals surface area (Å²) in [6, 6.07) is 0. The molecule has 0 radical (unpaired) electrons. The van der Waals surface area contributed by atoms with Crippen molar-refractivity contribution in [1.82, 2.24) is 5.32 Å². The van der Waals surface area contributed by atoms with E-state index >= 15 is 0 Å². The minimum Gasteiger partial charge on any atom is -0.547 e. The Morgan fingerprint density at radius 1 is 0.437 bits per heavy atom. The zero-order valence-corrected chi connectivity index (χ0v) is 55.9. The number of aliphatic hydroxyl groups is 18. The number of hydrogen-bond donors (Lipinski definition) is 20. The normalized spacial score (nSPS) is 44.0. The highest BCUT2D eigenvalue weighted by molar-refractivity contribution is 5.82. The van der Waals surface area contributed by atoms with Crippen molar-refractivity contribution in [2.24, 2.45) is 35.5 Å². The van der Waals surface area contributed by atoms with Crippen LogP contribution in [0.3, 0.4) is 0 Å². The lowest BCUT2D eigenvalue weighted by molar-refractivity contribution is -0.340. The van der Waals surface area contributed by atoms with Gasteiger partial charge in [0.2, 0.25) is 5.91 Å². The largest absolute Gasteiger partial charge is 0.547 e. The number of carboxylic acid groups (broad SMARTS) is 5. The topological polar surface area (TPSA) is 727 Å². The standard InChI is InChI=1S/C31H49NO20.C29H46O22/c1-8(33)23-9(17(36)22(41)31(48-4)52-23)5-12-18(37)15(34)10(24(49-12)28(42)32-2)6-13-19(38)16(35)11(25(50-13)29(43)44)7-14-20(39)21(40)26(47-3)27(51-14)30(45)46;1-47-22-19(36)18(35)13(51-23(22)27(42)43)7-10-15(32)17(34)12(50-21(10)26(40)41)6-9-14(31)16(33)11(49-20(9)25(38)39)5-8(3-4-30)29(45,46)24(37)28(44)48-2/h9-27,31,34-41H,5-7H2,1-4H3,(H,32,42)(H,43,44)(H,45,46);4,8-24,28,31-37,44-46H,3,5-7H2,1-2H3,(H,38,39)(H,40,41)(H,42,43)/p-4. The summed E-state index contributed by atoms with van der Waals surface area (Å²) < 4.78 is 57.8. The number of Topliss-reactive ketones (excluding diaryl/α,β-unsaturated/α-hetero) is 1. The van der Waals surface area contributed by atoms with Gasteiger partial charge in [0.15, 0.2) is 36.4 Å². The third kappa shape index (κ3) is 18.8. The SMILES string of the molecule is CNC(=O)C1OC(CC2C(C(C)=O)OC(OC)C(O)C2O)C(O)C(O)C1CC1OC(C(=O)[O-])C(CC2OC(C(=O)[O-])C(OC)C(O)C2O)C(O)C1O.COC(O)C(O)C(O)(O)C(CC=O)CC1OC(C(=O)O)C(CC2OC(C(=O)[O-])C(CC3OC(C(=O)[O-])C(OC)C(O)C3O)C(O)C2O)C(O)C1O. The fourth-order valence-electron chi connectivity index (χ4n) is 14.7. The molecule has 20 N–H and O–H groups in total. The molecule has 43 heteroatoms. The van der Waals surface area contributed by atoms with E-state index in [-0.39, 0.29) is 6.29 Å². The summed E-state index contributed by atoms with van der Waals surface area (Å²) in [7, 11) is 5.39. The number of ether oxygens (including phenoxy) is 11. The number of likely N-dealkylation sites (N-methyl/N-ethyl adjacent to an activating group) is 1. The van der Waals surface area contributed by atoms with Crippen molar-refractivity contribution in [2.75, 3.05) is 35.5 Å². The number of nitrogens with one attached hydrogen (secondary N) is 1. The Morgan fingerprint density at radius 2 is 0.748 bits per heavy atom. The molecule has 0 aliphatic carbocycles. The molecule has 0 aromatic carbocycles. The van der Waals surface area contributed by atoms with Gasteiger partial charge in [-0.15, -0.1) is 0 Å². The molecule has 7 aliphatic heterocycles. The molecule has 7 saturated heterocycles. The zero-order chi connectivity index (χ0) is 77.6. The molecule has 43 nitrogen and oxygen atoms in total. The molecule has 1 amide bonds. The third-order valence-electron chi connectivity index (χ3n) is 20.5. The summed E-state index contributed by atoms with van der Waals surface area (Å²) in [6.07, 6.45) is -63.5. The highest BCUT2D eigenvalue weighted by Gasteiger charge is 2.59. The number of aliphatic hydroxyl groups excluding tert-OH is 16. The molecule has 0 spiro atoms. The Balaban J connectivity index is 0.000000324. The summed E-state index contributed by atoms with van der Waals surface area (Å²) in [4.78, 5) is 96.8. The van der Waals surface area contributed by atoms with Gasteiger partial charge >= 0.3 is 5.97 Å². The van der Waals surface area contributed by atoms with Gasteiger partial charge in [-0.05, 0) is 45.4 Å². The quantitative estimate of drug-likeness (QED) is 0.0255. The summed E-state index contributed by atoms with van der Waals surface area (Å²) >= 11 is 0. The highest BCUT2D eigenvalue weighted by atomic mass is 16.7.